The Morgan fingerprint density at radius 2 is 2.06 bits per heavy atom. The van der Waals surface area contributed by atoms with Gasteiger partial charge in [0.25, 0.3) is 0 Å². The molecular formula is C13H13F2NS. The van der Waals surface area contributed by atoms with Crippen molar-refractivity contribution in [3.63, 3.8) is 0 Å². The summed E-state index contributed by atoms with van der Waals surface area (Å²) in [5.41, 5.74) is 6.74. The van der Waals surface area contributed by atoms with Gasteiger partial charge in [-0.05, 0) is 30.0 Å². The molecule has 90 valence electrons. The quantitative estimate of drug-likeness (QED) is 0.889. The summed E-state index contributed by atoms with van der Waals surface area (Å²) >= 11 is 1.58. The number of nitrogens with two attached hydrogens (primary N) is 1. The predicted molar refractivity (Wildman–Crippen MR) is 66.0 cm³/mol. The van der Waals surface area contributed by atoms with Crippen LogP contribution in [0.4, 0.5) is 8.78 Å². The first kappa shape index (κ1) is 12.2. The van der Waals surface area contributed by atoms with Crippen LogP contribution in [0.25, 0.3) is 0 Å². The van der Waals surface area contributed by atoms with Gasteiger partial charge in [0.2, 0.25) is 0 Å². The third-order valence-corrected chi connectivity index (χ3v) is 3.58. The smallest absolute Gasteiger partial charge is 0.130 e. The Bertz CT molecular complexity index is 508. The molecule has 0 radical (unpaired) electrons. The lowest BCUT2D eigenvalue weighted by Gasteiger charge is -2.13. The fourth-order valence-corrected chi connectivity index (χ4v) is 2.48. The van der Waals surface area contributed by atoms with Crippen molar-refractivity contribution in [1.29, 1.82) is 0 Å². The van der Waals surface area contributed by atoms with E-state index in [-0.39, 0.29) is 0 Å². The first-order valence-electron chi connectivity index (χ1n) is 5.31. The van der Waals surface area contributed by atoms with Gasteiger partial charge in [0.05, 0.1) is 0 Å². The minimum Gasteiger partial charge on any atom is -0.324 e. The Kier molecular flexibility index (Phi) is 3.54. The lowest BCUT2D eigenvalue weighted by Crippen LogP contribution is -2.15. The highest BCUT2D eigenvalue weighted by Gasteiger charge is 2.15. The molecule has 1 nitrogen and oxygen atoms in total. The lowest BCUT2D eigenvalue weighted by molar-refractivity contribution is 0.550. The number of aryl methyl sites for hydroxylation is 1. The largest absolute Gasteiger partial charge is 0.324 e. The van der Waals surface area contributed by atoms with Crippen LogP contribution >= 0.6 is 11.3 Å². The Hall–Kier alpha value is -1.26. The highest BCUT2D eigenvalue weighted by atomic mass is 32.1. The third-order valence-electron chi connectivity index (χ3n) is 2.68. The van der Waals surface area contributed by atoms with E-state index in [1.165, 1.54) is 6.07 Å². The molecule has 1 aromatic carbocycles. The molecule has 2 rings (SSSR count). The molecule has 2 aromatic rings. The average Bonchev–Trinajstić information content (AvgIpc) is 2.76. The highest BCUT2D eigenvalue weighted by Crippen LogP contribution is 2.23. The van der Waals surface area contributed by atoms with Crippen LogP contribution in [0.15, 0.2) is 29.6 Å². The topological polar surface area (TPSA) is 26.0 Å². The summed E-state index contributed by atoms with van der Waals surface area (Å²) in [4.78, 5) is 1.10. The average molecular weight is 253 g/mol. The molecule has 1 unspecified atom stereocenters. The van der Waals surface area contributed by atoms with E-state index in [2.05, 4.69) is 0 Å². The summed E-state index contributed by atoms with van der Waals surface area (Å²) in [7, 11) is 0. The number of hydrogen-bond acceptors (Lipinski definition) is 2. The molecule has 17 heavy (non-hydrogen) atoms. The van der Waals surface area contributed by atoms with Crippen LogP contribution in [0.3, 0.4) is 0 Å². The van der Waals surface area contributed by atoms with Crippen LogP contribution in [0.2, 0.25) is 0 Å². The number of hydrogen-bond donors (Lipinski definition) is 1. The van der Waals surface area contributed by atoms with Crippen LogP contribution < -0.4 is 5.73 Å². The minimum atomic E-state index is -0.572. The molecule has 0 aliphatic carbocycles. The van der Waals surface area contributed by atoms with Crippen LogP contribution in [-0.2, 0) is 6.42 Å². The second-order valence-electron chi connectivity index (χ2n) is 4.01. The van der Waals surface area contributed by atoms with Crippen LogP contribution in [0.1, 0.15) is 22.0 Å². The summed E-state index contributed by atoms with van der Waals surface area (Å²) in [5.74, 6) is -1.10. The van der Waals surface area contributed by atoms with E-state index >= 15 is 0 Å². The normalized spacial score (nSPS) is 12.7. The zero-order valence-corrected chi connectivity index (χ0v) is 10.2. The molecule has 4 heteroatoms. The number of rotatable bonds is 3. The van der Waals surface area contributed by atoms with E-state index in [1.54, 1.807) is 18.3 Å². The molecule has 2 N–H and O–H groups in total. The van der Waals surface area contributed by atoms with Crippen molar-refractivity contribution in [3.05, 3.63) is 57.3 Å². The van der Waals surface area contributed by atoms with Gasteiger partial charge >= 0.3 is 0 Å². The van der Waals surface area contributed by atoms with Crippen molar-refractivity contribution in [2.75, 3.05) is 0 Å². The van der Waals surface area contributed by atoms with Gasteiger partial charge in [-0.1, -0.05) is 6.07 Å². The van der Waals surface area contributed by atoms with E-state index < -0.39 is 17.7 Å². The Morgan fingerprint density at radius 1 is 1.29 bits per heavy atom. The van der Waals surface area contributed by atoms with Crippen molar-refractivity contribution in [1.82, 2.24) is 0 Å². The Morgan fingerprint density at radius 3 is 2.71 bits per heavy atom. The van der Waals surface area contributed by atoms with E-state index in [9.17, 15) is 8.78 Å². The molecule has 0 saturated carbocycles. The van der Waals surface area contributed by atoms with Gasteiger partial charge in [0.15, 0.2) is 0 Å². The lowest BCUT2D eigenvalue weighted by atomic mass is 10.0. The van der Waals surface area contributed by atoms with E-state index in [4.69, 9.17) is 5.73 Å². The summed E-state index contributed by atoms with van der Waals surface area (Å²) in [6, 6.07) is 5.84. The first-order valence-corrected chi connectivity index (χ1v) is 6.19. The molecule has 0 fully saturated rings. The van der Waals surface area contributed by atoms with Crippen molar-refractivity contribution in [2.45, 2.75) is 19.4 Å². The molecule has 0 saturated heterocycles. The van der Waals surface area contributed by atoms with Gasteiger partial charge in [-0.15, -0.1) is 11.3 Å². The van der Waals surface area contributed by atoms with Gasteiger partial charge in [-0.25, -0.2) is 8.78 Å². The molecule has 0 spiro atoms. The van der Waals surface area contributed by atoms with Crippen LogP contribution in [0.5, 0.6) is 0 Å². The summed E-state index contributed by atoms with van der Waals surface area (Å²) in [6.45, 7) is 1.61. The van der Waals surface area contributed by atoms with Crippen LogP contribution in [0, 0.1) is 18.6 Å². The molecule has 0 bridgehead atoms. The maximum absolute atomic E-state index is 13.6. The van der Waals surface area contributed by atoms with E-state index in [0.717, 1.165) is 10.9 Å². The van der Waals surface area contributed by atoms with Crippen molar-refractivity contribution in [2.24, 2.45) is 5.73 Å². The zero-order valence-electron chi connectivity index (χ0n) is 9.41. The molecule has 1 aromatic heterocycles. The molecule has 1 atom stereocenters. The second kappa shape index (κ2) is 4.94. The van der Waals surface area contributed by atoms with Gasteiger partial charge in [-0.3, -0.25) is 0 Å². The van der Waals surface area contributed by atoms with Gasteiger partial charge in [-0.2, -0.15) is 0 Å². The predicted octanol–water partition coefficient (Wildman–Crippen LogP) is 3.58. The van der Waals surface area contributed by atoms with E-state index in [0.29, 0.717) is 17.5 Å². The van der Waals surface area contributed by atoms with Crippen molar-refractivity contribution in [3.8, 4) is 0 Å². The fourth-order valence-electron chi connectivity index (χ4n) is 1.72. The summed E-state index contributed by atoms with van der Waals surface area (Å²) < 4.78 is 26.7. The van der Waals surface area contributed by atoms with E-state index in [1.807, 2.05) is 17.5 Å². The molecular weight excluding hydrogens is 240 g/mol. The zero-order chi connectivity index (χ0) is 12.4. The first-order chi connectivity index (χ1) is 8.08. The molecule has 0 aliphatic heterocycles. The highest BCUT2D eigenvalue weighted by molar-refractivity contribution is 7.09. The Balaban J connectivity index is 2.24. The van der Waals surface area contributed by atoms with Crippen molar-refractivity contribution >= 4 is 11.3 Å². The minimum absolute atomic E-state index is 0.373. The third kappa shape index (κ3) is 2.70. The SMILES string of the molecule is Cc1cc(C(N)Cc2cccs2)c(F)cc1F. The van der Waals surface area contributed by atoms with Crippen LogP contribution in [-0.4, -0.2) is 0 Å². The second-order valence-corrected chi connectivity index (χ2v) is 5.05. The van der Waals surface area contributed by atoms with Crippen molar-refractivity contribution < 1.29 is 8.78 Å². The van der Waals surface area contributed by atoms with Gasteiger partial charge in [0.1, 0.15) is 11.6 Å². The van der Waals surface area contributed by atoms with Gasteiger partial charge < -0.3 is 5.73 Å². The maximum atomic E-state index is 13.6. The number of halogens is 2. The van der Waals surface area contributed by atoms with Gasteiger partial charge in [0, 0.05) is 29.0 Å². The summed E-state index contributed by atoms with van der Waals surface area (Å²) in [5, 5.41) is 1.95. The molecule has 0 aliphatic rings. The maximum Gasteiger partial charge on any atom is 0.130 e. The fraction of sp³-hybridized carbons (Fsp3) is 0.231. The number of thiophene rings is 1. The number of benzene rings is 1. The monoisotopic (exact) mass is 253 g/mol. The standard InChI is InChI=1S/C13H13F2NS/c1-8-5-10(12(15)7-11(8)14)13(16)6-9-3-2-4-17-9/h2-5,7,13H,6,16H2,1H3. The Labute approximate surface area is 103 Å². The molecule has 1 heterocycles. The molecule has 0 amide bonds. The summed E-state index contributed by atoms with van der Waals surface area (Å²) in [6.07, 6.45) is 0.569.